The van der Waals surface area contributed by atoms with E-state index >= 15 is 0 Å². The maximum absolute atomic E-state index is 8.75. The van der Waals surface area contributed by atoms with Crippen LogP contribution in [0.2, 0.25) is 0 Å². The lowest BCUT2D eigenvalue weighted by Crippen LogP contribution is -2.12. The van der Waals surface area contributed by atoms with Crippen LogP contribution in [0, 0.1) is 5.92 Å². The molecule has 1 aromatic rings. The third-order valence-electron chi connectivity index (χ3n) is 2.74. The molecule has 1 saturated heterocycles. The molecule has 1 aliphatic heterocycles. The maximum atomic E-state index is 8.75. The molecule has 2 heterocycles. The zero-order valence-corrected chi connectivity index (χ0v) is 9.13. The number of aromatic nitrogens is 2. The highest BCUT2D eigenvalue weighted by Crippen LogP contribution is 2.18. The van der Waals surface area contributed by atoms with Gasteiger partial charge in [0.05, 0.1) is 6.04 Å². The van der Waals surface area contributed by atoms with Crippen LogP contribution >= 0.6 is 0 Å². The Labute approximate surface area is 93.8 Å². The Hall–Kier alpha value is -0.980. The molecule has 90 valence electrons. The highest BCUT2D eigenvalue weighted by Gasteiger charge is 2.20. The van der Waals surface area contributed by atoms with Gasteiger partial charge in [0.2, 0.25) is 5.89 Å². The molecule has 3 N–H and O–H groups in total. The molecule has 1 aromatic heterocycles. The van der Waals surface area contributed by atoms with Crippen LogP contribution in [0.1, 0.15) is 30.6 Å². The molecule has 1 fully saturated rings. The number of rotatable bonds is 5. The van der Waals surface area contributed by atoms with Gasteiger partial charge in [-0.3, -0.25) is 0 Å². The Kier molecular flexibility index (Phi) is 3.87. The molecule has 2 unspecified atom stereocenters. The highest BCUT2D eigenvalue weighted by molar-refractivity contribution is 4.93. The first-order chi connectivity index (χ1) is 7.79. The van der Waals surface area contributed by atoms with Crippen LogP contribution in [0.5, 0.6) is 0 Å². The molecule has 2 atom stereocenters. The zero-order valence-electron chi connectivity index (χ0n) is 9.13. The van der Waals surface area contributed by atoms with Crippen LogP contribution < -0.4 is 5.73 Å². The van der Waals surface area contributed by atoms with E-state index in [-0.39, 0.29) is 12.6 Å². The summed E-state index contributed by atoms with van der Waals surface area (Å²) in [7, 11) is 0. The van der Waals surface area contributed by atoms with E-state index in [1.807, 2.05) is 0 Å². The smallest absolute Gasteiger partial charge is 0.243 e. The molecule has 0 radical (unpaired) electrons. The quantitative estimate of drug-likeness (QED) is 0.737. The molecule has 0 bridgehead atoms. The largest absolute Gasteiger partial charge is 0.396 e. The first-order valence-electron chi connectivity index (χ1n) is 5.56. The van der Waals surface area contributed by atoms with Crippen LogP contribution in [0.3, 0.4) is 0 Å². The van der Waals surface area contributed by atoms with Crippen LogP contribution in [0.4, 0.5) is 0 Å². The van der Waals surface area contributed by atoms with Crippen molar-refractivity contribution in [2.75, 3.05) is 19.8 Å². The van der Waals surface area contributed by atoms with E-state index < -0.39 is 0 Å². The molecule has 0 saturated carbocycles. The lowest BCUT2D eigenvalue weighted by atomic mass is 10.1. The van der Waals surface area contributed by atoms with Crippen LogP contribution in [0.15, 0.2) is 4.52 Å². The molecule has 0 amide bonds. The summed E-state index contributed by atoms with van der Waals surface area (Å²) >= 11 is 0. The zero-order chi connectivity index (χ0) is 11.4. The number of hydrogen-bond donors (Lipinski definition) is 2. The first-order valence-corrected chi connectivity index (χ1v) is 5.56. The molecule has 1 aliphatic rings. The van der Waals surface area contributed by atoms with Crippen molar-refractivity contribution >= 4 is 0 Å². The second-order valence-electron chi connectivity index (χ2n) is 4.10. The van der Waals surface area contributed by atoms with Gasteiger partial charge in [-0.15, -0.1) is 0 Å². The lowest BCUT2D eigenvalue weighted by Gasteiger charge is -2.02. The molecule has 2 rings (SSSR count). The summed E-state index contributed by atoms with van der Waals surface area (Å²) in [6.07, 6.45) is 2.26. The Bertz CT molecular complexity index is 323. The number of nitrogens with zero attached hydrogens (tertiary/aromatic N) is 2. The summed E-state index contributed by atoms with van der Waals surface area (Å²) in [5.41, 5.74) is 5.75. The predicted octanol–water partition coefficient (Wildman–Crippen LogP) is 0.0308. The topological polar surface area (TPSA) is 94.4 Å². The Morgan fingerprint density at radius 1 is 1.56 bits per heavy atom. The summed E-state index contributed by atoms with van der Waals surface area (Å²) in [6.45, 7) is 1.61. The van der Waals surface area contributed by atoms with E-state index in [1.54, 1.807) is 0 Å². The molecule has 0 aromatic carbocycles. The first kappa shape index (κ1) is 11.5. The second-order valence-corrected chi connectivity index (χ2v) is 4.10. The second kappa shape index (κ2) is 5.38. The van der Waals surface area contributed by atoms with Gasteiger partial charge in [-0.25, -0.2) is 0 Å². The molecular weight excluding hydrogens is 210 g/mol. The summed E-state index contributed by atoms with van der Waals surface area (Å²) < 4.78 is 10.3. The summed E-state index contributed by atoms with van der Waals surface area (Å²) in [4.78, 5) is 4.22. The van der Waals surface area contributed by atoms with Crippen molar-refractivity contribution in [1.29, 1.82) is 0 Å². The minimum absolute atomic E-state index is 0.0232. The standard InChI is InChI=1S/C10H17N3O3/c11-8(1-3-14)10-12-9(13-16-10)5-7-2-4-15-6-7/h7-8,14H,1-6,11H2. The predicted molar refractivity (Wildman–Crippen MR) is 55.6 cm³/mol. The van der Waals surface area contributed by atoms with Crippen molar-refractivity contribution in [3.05, 3.63) is 11.7 Å². The van der Waals surface area contributed by atoms with E-state index in [0.29, 0.717) is 24.1 Å². The van der Waals surface area contributed by atoms with Crippen LogP contribution in [-0.2, 0) is 11.2 Å². The van der Waals surface area contributed by atoms with Crippen molar-refractivity contribution in [2.24, 2.45) is 11.7 Å². The maximum Gasteiger partial charge on any atom is 0.243 e. The van der Waals surface area contributed by atoms with Crippen molar-refractivity contribution in [1.82, 2.24) is 10.1 Å². The molecule has 6 heteroatoms. The minimum Gasteiger partial charge on any atom is -0.396 e. The number of aliphatic hydroxyl groups excluding tert-OH is 1. The van der Waals surface area contributed by atoms with Gasteiger partial charge in [0, 0.05) is 26.2 Å². The molecular formula is C10H17N3O3. The molecule has 6 nitrogen and oxygen atoms in total. The summed E-state index contributed by atoms with van der Waals surface area (Å²) in [5.74, 6) is 1.57. The third kappa shape index (κ3) is 2.78. The van der Waals surface area contributed by atoms with E-state index in [1.165, 1.54) is 0 Å². The van der Waals surface area contributed by atoms with Gasteiger partial charge >= 0.3 is 0 Å². The van der Waals surface area contributed by atoms with Gasteiger partial charge < -0.3 is 20.1 Å². The number of ether oxygens (including phenoxy) is 1. The Balaban J connectivity index is 1.90. The average Bonchev–Trinajstić information content (AvgIpc) is 2.90. The summed E-state index contributed by atoms with van der Waals surface area (Å²) in [6, 6.07) is -0.369. The fourth-order valence-corrected chi connectivity index (χ4v) is 1.77. The normalized spacial score (nSPS) is 22.5. The molecule has 0 aliphatic carbocycles. The van der Waals surface area contributed by atoms with Crippen molar-refractivity contribution in [3.8, 4) is 0 Å². The monoisotopic (exact) mass is 227 g/mol. The van der Waals surface area contributed by atoms with Gasteiger partial charge in [-0.1, -0.05) is 5.16 Å². The number of aliphatic hydroxyl groups is 1. The number of nitrogens with two attached hydrogens (primary N) is 1. The van der Waals surface area contributed by atoms with Gasteiger partial charge in [-0.2, -0.15) is 4.98 Å². The van der Waals surface area contributed by atoms with E-state index in [9.17, 15) is 0 Å². The van der Waals surface area contributed by atoms with Gasteiger partial charge in [0.1, 0.15) is 0 Å². The van der Waals surface area contributed by atoms with E-state index in [4.69, 9.17) is 20.1 Å². The molecule has 0 spiro atoms. The fraction of sp³-hybridized carbons (Fsp3) is 0.800. The van der Waals surface area contributed by atoms with Gasteiger partial charge in [0.25, 0.3) is 0 Å². The fourth-order valence-electron chi connectivity index (χ4n) is 1.77. The highest BCUT2D eigenvalue weighted by atomic mass is 16.5. The third-order valence-corrected chi connectivity index (χ3v) is 2.74. The Morgan fingerprint density at radius 3 is 3.12 bits per heavy atom. The average molecular weight is 227 g/mol. The van der Waals surface area contributed by atoms with Crippen LogP contribution in [-0.4, -0.2) is 35.1 Å². The van der Waals surface area contributed by atoms with E-state index in [0.717, 1.165) is 26.1 Å². The number of hydrogen-bond acceptors (Lipinski definition) is 6. The Morgan fingerprint density at radius 2 is 2.44 bits per heavy atom. The minimum atomic E-state index is -0.369. The van der Waals surface area contributed by atoms with Crippen molar-refractivity contribution < 1.29 is 14.4 Å². The lowest BCUT2D eigenvalue weighted by molar-refractivity contribution is 0.185. The van der Waals surface area contributed by atoms with Crippen LogP contribution in [0.25, 0.3) is 0 Å². The van der Waals surface area contributed by atoms with Gasteiger partial charge in [-0.05, 0) is 18.8 Å². The van der Waals surface area contributed by atoms with E-state index in [2.05, 4.69) is 10.1 Å². The van der Waals surface area contributed by atoms with Crippen molar-refractivity contribution in [3.63, 3.8) is 0 Å². The van der Waals surface area contributed by atoms with Crippen molar-refractivity contribution in [2.45, 2.75) is 25.3 Å². The van der Waals surface area contributed by atoms with Gasteiger partial charge in [0.15, 0.2) is 5.82 Å². The molecule has 16 heavy (non-hydrogen) atoms. The summed E-state index contributed by atoms with van der Waals surface area (Å²) in [5, 5.41) is 12.6. The SMILES string of the molecule is NC(CCO)c1nc(CC2CCOC2)no1.